The first-order valence-electron chi connectivity index (χ1n) is 6.82. The van der Waals surface area contributed by atoms with E-state index < -0.39 is 24.3 Å². The first-order chi connectivity index (χ1) is 11.5. The van der Waals surface area contributed by atoms with Crippen LogP contribution < -0.4 is 10.2 Å². The summed E-state index contributed by atoms with van der Waals surface area (Å²) in [6.07, 6.45) is 0. The van der Waals surface area contributed by atoms with Gasteiger partial charge in [-0.2, -0.15) is 5.01 Å². The van der Waals surface area contributed by atoms with Gasteiger partial charge in [-0.3, -0.25) is 19.8 Å². The summed E-state index contributed by atoms with van der Waals surface area (Å²) in [4.78, 5) is 36.2. The van der Waals surface area contributed by atoms with Crippen LogP contribution in [0.25, 0.3) is 0 Å². The molecule has 0 unspecified atom stereocenters. The second-order valence-electron chi connectivity index (χ2n) is 4.89. The topological polar surface area (TPSA) is 75.7 Å². The predicted octanol–water partition coefficient (Wildman–Crippen LogP) is 2.70. The molecule has 0 saturated carbocycles. The normalized spacial score (nSPS) is 13.0. The van der Waals surface area contributed by atoms with Gasteiger partial charge in [0.1, 0.15) is 5.75 Å². The Labute approximate surface area is 146 Å². The lowest BCUT2D eigenvalue weighted by Crippen LogP contribution is -2.47. The molecular formula is C16H10Cl2N2O4. The van der Waals surface area contributed by atoms with Crippen LogP contribution in [0.2, 0.25) is 10.0 Å². The maximum Gasteiger partial charge on any atom is 0.280 e. The summed E-state index contributed by atoms with van der Waals surface area (Å²) in [7, 11) is 0. The van der Waals surface area contributed by atoms with Gasteiger partial charge in [-0.1, -0.05) is 35.3 Å². The fourth-order valence-corrected chi connectivity index (χ4v) is 2.65. The van der Waals surface area contributed by atoms with Crippen LogP contribution in [0.15, 0.2) is 42.5 Å². The predicted molar refractivity (Wildman–Crippen MR) is 87.0 cm³/mol. The van der Waals surface area contributed by atoms with E-state index >= 15 is 0 Å². The summed E-state index contributed by atoms with van der Waals surface area (Å²) in [6.45, 7) is -0.422. The van der Waals surface area contributed by atoms with Gasteiger partial charge in [-0.25, -0.2) is 0 Å². The van der Waals surface area contributed by atoms with Crippen LogP contribution in [0, 0.1) is 0 Å². The summed E-state index contributed by atoms with van der Waals surface area (Å²) in [5, 5.41) is 1.35. The van der Waals surface area contributed by atoms with Crippen molar-refractivity contribution in [3.63, 3.8) is 0 Å². The monoisotopic (exact) mass is 364 g/mol. The van der Waals surface area contributed by atoms with Crippen LogP contribution >= 0.6 is 23.2 Å². The van der Waals surface area contributed by atoms with Crippen molar-refractivity contribution >= 4 is 40.9 Å². The van der Waals surface area contributed by atoms with Gasteiger partial charge in [-0.05, 0) is 30.3 Å². The van der Waals surface area contributed by atoms with Gasteiger partial charge in [-0.15, -0.1) is 0 Å². The van der Waals surface area contributed by atoms with E-state index in [-0.39, 0.29) is 21.9 Å². The fourth-order valence-electron chi connectivity index (χ4n) is 2.18. The van der Waals surface area contributed by atoms with E-state index in [0.29, 0.717) is 10.0 Å². The lowest BCUT2D eigenvalue weighted by atomic mass is 10.1. The molecule has 2 aromatic carbocycles. The third kappa shape index (κ3) is 3.06. The minimum Gasteiger partial charge on any atom is -0.482 e. The molecule has 6 nitrogen and oxygen atoms in total. The molecule has 0 spiro atoms. The van der Waals surface area contributed by atoms with Crippen LogP contribution in [0.4, 0.5) is 0 Å². The number of nitrogens with zero attached hydrogens (tertiary/aromatic N) is 1. The smallest absolute Gasteiger partial charge is 0.280 e. The van der Waals surface area contributed by atoms with Gasteiger partial charge in [0, 0.05) is 5.02 Å². The molecule has 0 radical (unpaired) electrons. The Morgan fingerprint density at radius 1 is 1.04 bits per heavy atom. The van der Waals surface area contributed by atoms with E-state index in [0.717, 1.165) is 0 Å². The standard InChI is InChI=1S/C16H10Cl2N2O4/c17-9-5-6-13(12(18)7-9)24-8-14(21)19-20-15(22)10-3-1-2-4-11(10)16(20)23/h1-7H,8H2,(H,19,21). The van der Waals surface area contributed by atoms with Crippen LogP contribution in [0.5, 0.6) is 5.75 Å². The minimum atomic E-state index is -0.671. The number of carbonyl (C=O) groups excluding carboxylic acids is 3. The Morgan fingerprint density at radius 2 is 1.67 bits per heavy atom. The molecule has 0 fully saturated rings. The van der Waals surface area contributed by atoms with Crippen LogP contribution in [-0.2, 0) is 4.79 Å². The highest BCUT2D eigenvalue weighted by molar-refractivity contribution is 6.35. The van der Waals surface area contributed by atoms with E-state index in [1.165, 1.54) is 24.3 Å². The number of hydrogen-bond acceptors (Lipinski definition) is 4. The average molecular weight is 365 g/mol. The average Bonchev–Trinajstić information content (AvgIpc) is 2.79. The van der Waals surface area contributed by atoms with E-state index in [4.69, 9.17) is 27.9 Å². The minimum absolute atomic E-state index is 0.240. The van der Waals surface area contributed by atoms with Crippen molar-refractivity contribution < 1.29 is 19.1 Å². The number of amides is 3. The molecule has 0 bridgehead atoms. The summed E-state index contributed by atoms with van der Waals surface area (Å²) >= 11 is 11.7. The molecule has 0 aromatic heterocycles. The van der Waals surface area contributed by atoms with Gasteiger partial charge < -0.3 is 4.74 Å². The highest BCUT2D eigenvalue weighted by atomic mass is 35.5. The molecule has 3 rings (SSSR count). The summed E-state index contributed by atoms with van der Waals surface area (Å²) in [5.41, 5.74) is 2.71. The van der Waals surface area contributed by atoms with Crippen molar-refractivity contribution in [2.75, 3.05) is 6.61 Å². The molecule has 1 N–H and O–H groups in total. The summed E-state index contributed by atoms with van der Waals surface area (Å²) in [6, 6.07) is 10.9. The largest absolute Gasteiger partial charge is 0.482 e. The number of hydrazine groups is 1. The Hall–Kier alpha value is -2.57. The molecule has 1 heterocycles. The Balaban J connectivity index is 1.64. The molecule has 8 heteroatoms. The van der Waals surface area contributed by atoms with Gasteiger partial charge in [0.15, 0.2) is 6.61 Å². The van der Waals surface area contributed by atoms with Crippen molar-refractivity contribution in [2.24, 2.45) is 0 Å². The number of carbonyl (C=O) groups is 3. The van der Waals surface area contributed by atoms with E-state index in [1.54, 1.807) is 18.2 Å². The molecule has 0 aliphatic carbocycles. The van der Waals surface area contributed by atoms with E-state index in [9.17, 15) is 14.4 Å². The Morgan fingerprint density at radius 3 is 2.25 bits per heavy atom. The Bertz CT molecular complexity index is 819. The maximum atomic E-state index is 12.1. The fraction of sp³-hybridized carbons (Fsp3) is 0.0625. The number of fused-ring (bicyclic) bond motifs is 1. The molecule has 3 amide bonds. The molecule has 0 atom stereocenters. The number of nitrogens with one attached hydrogen (secondary N) is 1. The zero-order chi connectivity index (χ0) is 17.3. The molecule has 122 valence electrons. The van der Waals surface area contributed by atoms with Gasteiger partial charge in [0.25, 0.3) is 17.7 Å². The molecule has 1 aliphatic rings. The van der Waals surface area contributed by atoms with Gasteiger partial charge in [0.2, 0.25) is 0 Å². The number of hydrogen-bond donors (Lipinski definition) is 1. The van der Waals surface area contributed by atoms with E-state index in [2.05, 4.69) is 5.43 Å². The number of ether oxygens (including phenoxy) is 1. The van der Waals surface area contributed by atoms with Crippen LogP contribution in [0.1, 0.15) is 20.7 Å². The first-order valence-corrected chi connectivity index (χ1v) is 7.58. The number of halogens is 2. The lowest BCUT2D eigenvalue weighted by Gasteiger charge is -2.15. The maximum absolute atomic E-state index is 12.1. The molecule has 1 aliphatic heterocycles. The second-order valence-corrected chi connectivity index (χ2v) is 5.73. The Kier molecular flexibility index (Phi) is 4.42. The van der Waals surface area contributed by atoms with Crippen molar-refractivity contribution in [3.8, 4) is 5.75 Å². The summed E-state index contributed by atoms with van der Waals surface area (Å²) < 4.78 is 5.26. The highest BCUT2D eigenvalue weighted by Crippen LogP contribution is 2.27. The van der Waals surface area contributed by atoms with Crippen molar-refractivity contribution in [1.29, 1.82) is 0 Å². The van der Waals surface area contributed by atoms with Crippen LogP contribution in [-0.4, -0.2) is 29.3 Å². The van der Waals surface area contributed by atoms with Gasteiger partial charge in [0.05, 0.1) is 16.1 Å². The van der Waals surface area contributed by atoms with E-state index in [1.807, 2.05) is 0 Å². The van der Waals surface area contributed by atoms with Gasteiger partial charge >= 0.3 is 0 Å². The summed E-state index contributed by atoms with van der Waals surface area (Å²) in [5.74, 6) is -1.59. The number of benzene rings is 2. The number of imide groups is 1. The first kappa shape index (κ1) is 16.3. The molecule has 24 heavy (non-hydrogen) atoms. The zero-order valence-corrected chi connectivity index (χ0v) is 13.6. The molecular weight excluding hydrogens is 355 g/mol. The van der Waals surface area contributed by atoms with Crippen molar-refractivity contribution in [3.05, 3.63) is 63.6 Å². The van der Waals surface area contributed by atoms with Crippen molar-refractivity contribution in [2.45, 2.75) is 0 Å². The third-order valence-corrected chi connectivity index (χ3v) is 3.81. The van der Waals surface area contributed by atoms with Crippen LogP contribution in [0.3, 0.4) is 0 Å². The molecule has 0 saturated heterocycles. The molecule has 2 aromatic rings. The number of rotatable bonds is 4. The third-order valence-electron chi connectivity index (χ3n) is 3.28. The lowest BCUT2D eigenvalue weighted by molar-refractivity contribution is -0.126. The highest BCUT2D eigenvalue weighted by Gasteiger charge is 2.36. The SMILES string of the molecule is O=C(COc1ccc(Cl)cc1Cl)NN1C(=O)c2ccccc2C1=O. The zero-order valence-electron chi connectivity index (χ0n) is 12.1. The quantitative estimate of drug-likeness (QED) is 0.846. The second kappa shape index (κ2) is 6.51. The van der Waals surface area contributed by atoms with Crippen molar-refractivity contribution in [1.82, 2.24) is 10.4 Å².